The monoisotopic (exact) mass is 278 g/mol. The number of nitrogens with zero attached hydrogens (tertiary/aromatic N) is 1. The fraction of sp³-hybridized carbons (Fsp3) is 0.571. The van der Waals surface area contributed by atoms with Crippen molar-refractivity contribution in [1.82, 2.24) is 10.3 Å². The lowest BCUT2D eigenvalue weighted by molar-refractivity contribution is 0.0937. The molecule has 1 heterocycles. The zero-order chi connectivity index (χ0) is 14.4. The van der Waals surface area contributed by atoms with E-state index in [-0.39, 0.29) is 5.91 Å². The first-order chi connectivity index (χ1) is 9.69. The Morgan fingerprint density at radius 1 is 1.50 bits per heavy atom. The quantitative estimate of drug-likeness (QED) is 0.378. The number of pyridine rings is 1. The highest BCUT2D eigenvalue weighted by atomic mass is 16.5. The molecule has 1 aromatic heterocycles. The van der Waals surface area contributed by atoms with Gasteiger partial charge in [0.1, 0.15) is 5.82 Å². The number of amides is 1. The molecule has 1 aliphatic rings. The van der Waals surface area contributed by atoms with E-state index in [1.54, 1.807) is 12.1 Å². The second-order valence-electron chi connectivity index (χ2n) is 5.15. The number of hydrogen-bond acceptors (Lipinski definition) is 5. The Hall–Kier alpha value is -1.66. The normalized spacial score (nSPS) is 14.1. The molecule has 0 aliphatic heterocycles. The van der Waals surface area contributed by atoms with Crippen molar-refractivity contribution in [2.45, 2.75) is 26.2 Å². The van der Waals surface area contributed by atoms with Crippen LogP contribution < -0.4 is 16.6 Å². The third kappa shape index (κ3) is 4.79. The van der Waals surface area contributed by atoms with Gasteiger partial charge in [0.2, 0.25) is 0 Å². The second-order valence-corrected chi connectivity index (χ2v) is 5.15. The van der Waals surface area contributed by atoms with Gasteiger partial charge in [0.15, 0.2) is 0 Å². The maximum absolute atomic E-state index is 12.0. The summed E-state index contributed by atoms with van der Waals surface area (Å²) in [4.78, 5) is 16.1. The number of nitrogens with one attached hydrogen (secondary N) is 2. The van der Waals surface area contributed by atoms with Gasteiger partial charge in [-0.1, -0.05) is 0 Å². The van der Waals surface area contributed by atoms with E-state index in [0.29, 0.717) is 24.5 Å². The van der Waals surface area contributed by atoms with Crippen molar-refractivity contribution >= 4 is 11.7 Å². The number of carbonyl (C=O) groups excluding carboxylic acids is 1. The standard InChI is InChI=1S/C14H22N4O2/c1-10-7-12(8-13(17-10)18-15)14(19)16-5-2-6-20-9-11-3-4-11/h7-8,11H,2-6,9,15H2,1H3,(H,16,19)(H,17,18). The average molecular weight is 278 g/mol. The number of ether oxygens (including phenoxy) is 1. The summed E-state index contributed by atoms with van der Waals surface area (Å²) in [5.74, 6) is 6.47. The Bertz CT molecular complexity index is 460. The zero-order valence-electron chi connectivity index (χ0n) is 11.8. The summed E-state index contributed by atoms with van der Waals surface area (Å²) in [6.45, 7) is 3.99. The Kier molecular flexibility index (Phi) is 5.31. The second kappa shape index (κ2) is 7.21. The van der Waals surface area contributed by atoms with E-state index in [4.69, 9.17) is 10.6 Å². The van der Waals surface area contributed by atoms with Crippen molar-refractivity contribution in [2.24, 2.45) is 11.8 Å². The van der Waals surface area contributed by atoms with Crippen LogP contribution in [-0.2, 0) is 4.74 Å². The summed E-state index contributed by atoms with van der Waals surface area (Å²) >= 11 is 0. The number of aryl methyl sites for hydroxylation is 1. The molecular weight excluding hydrogens is 256 g/mol. The molecule has 0 unspecified atom stereocenters. The van der Waals surface area contributed by atoms with Gasteiger partial charge in [-0.15, -0.1) is 0 Å². The summed E-state index contributed by atoms with van der Waals surface area (Å²) < 4.78 is 5.51. The van der Waals surface area contributed by atoms with Crippen molar-refractivity contribution < 1.29 is 9.53 Å². The Morgan fingerprint density at radius 3 is 3.00 bits per heavy atom. The van der Waals surface area contributed by atoms with Gasteiger partial charge in [-0.05, 0) is 44.2 Å². The minimum atomic E-state index is -0.116. The maximum atomic E-state index is 12.0. The van der Waals surface area contributed by atoms with Crippen LogP contribution in [0, 0.1) is 12.8 Å². The van der Waals surface area contributed by atoms with Gasteiger partial charge < -0.3 is 15.5 Å². The molecular formula is C14H22N4O2. The summed E-state index contributed by atoms with van der Waals surface area (Å²) in [6, 6.07) is 3.37. The molecule has 0 radical (unpaired) electrons. The first-order valence-electron chi connectivity index (χ1n) is 7.00. The third-order valence-corrected chi connectivity index (χ3v) is 3.16. The molecule has 0 spiro atoms. The molecule has 0 aromatic carbocycles. The number of hydrogen-bond donors (Lipinski definition) is 3. The molecule has 20 heavy (non-hydrogen) atoms. The number of nitrogen functional groups attached to an aromatic ring is 1. The molecule has 1 fully saturated rings. The highest BCUT2D eigenvalue weighted by molar-refractivity contribution is 5.94. The van der Waals surface area contributed by atoms with Gasteiger partial charge >= 0.3 is 0 Å². The van der Waals surface area contributed by atoms with Crippen LogP contribution >= 0.6 is 0 Å². The van der Waals surface area contributed by atoms with Crippen LogP contribution in [0.4, 0.5) is 5.82 Å². The summed E-state index contributed by atoms with van der Waals surface area (Å²) in [6.07, 6.45) is 3.43. The molecule has 0 saturated heterocycles. The van der Waals surface area contributed by atoms with Crippen LogP contribution in [0.2, 0.25) is 0 Å². The van der Waals surface area contributed by atoms with Crippen molar-refractivity contribution in [3.05, 3.63) is 23.4 Å². The van der Waals surface area contributed by atoms with Crippen LogP contribution in [-0.4, -0.2) is 30.6 Å². The molecule has 2 rings (SSSR count). The lowest BCUT2D eigenvalue weighted by Gasteiger charge is -2.08. The Morgan fingerprint density at radius 2 is 2.30 bits per heavy atom. The maximum Gasteiger partial charge on any atom is 0.251 e. The molecule has 0 bridgehead atoms. The molecule has 6 heteroatoms. The molecule has 4 N–H and O–H groups in total. The van der Waals surface area contributed by atoms with Gasteiger partial charge in [0, 0.05) is 31.0 Å². The molecule has 1 saturated carbocycles. The number of nitrogens with two attached hydrogens (primary N) is 1. The van der Waals surface area contributed by atoms with Crippen molar-refractivity contribution in [3.8, 4) is 0 Å². The number of rotatable bonds is 8. The lowest BCUT2D eigenvalue weighted by atomic mass is 10.2. The fourth-order valence-corrected chi connectivity index (χ4v) is 1.89. The van der Waals surface area contributed by atoms with E-state index < -0.39 is 0 Å². The van der Waals surface area contributed by atoms with Crippen LogP contribution in [0.1, 0.15) is 35.3 Å². The Balaban J connectivity index is 1.69. The number of hydrazine groups is 1. The van der Waals surface area contributed by atoms with E-state index in [1.165, 1.54) is 12.8 Å². The molecule has 1 aliphatic carbocycles. The third-order valence-electron chi connectivity index (χ3n) is 3.16. The minimum Gasteiger partial charge on any atom is -0.381 e. The predicted molar refractivity (Wildman–Crippen MR) is 77.3 cm³/mol. The largest absolute Gasteiger partial charge is 0.381 e. The van der Waals surface area contributed by atoms with Gasteiger partial charge in [0.25, 0.3) is 5.91 Å². The van der Waals surface area contributed by atoms with Crippen LogP contribution in [0.25, 0.3) is 0 Å². The molecule has 1 aromatic rings. The highest BCUT2D eigenvalue weighted by Gasteiger charge is 2.20. The van der Waals surface area contributed by atoms with Crippen LogP contribution in [0.5, 0.6) is 0 Å². The van der Waals surface area contributed by atoms with Crippen LogP contribution in [0.3, 0.4) is 0 Å². The van der Waals surface area contributed by atoms with Crippen molar-refractivity contribution in [3.63, 3.8) is 0 Å². The van der Waals surface area contributed by atoms with Crippen molar-refractivity contribution in [2.75, 3.05) is 25.2 Å². The lowest BCUT2D eigenvalue weighted by Crippen LogP contribution is -2.26. The van der Waals surface area contributed by atoms with E-state index >= 15 is 0 Å². The number of anilines is 1. The zero-order valence-corrected chi connectivity index (χ0v) is 11.8. The molecule has 0 atom stereocenters. The predicted octanol–water partition coefficient (Wildman–Crippen LogP) is 1.22. The van der Waals surface area contributed by atoms with E-state index in [2.05, 4.69) is 15.7 Å². The highest BCUT2D eigenvalue weighted by Crippen LogP contribution is 2.28. The molecule has 6 nitrogen and oxygen atoms in total. The number of aromatic nitrogens is 1. The van der Waals surface area contributed by atoms with Crippen molar-refractivity contribution in [1.29, 1.82) is 0 Å². The smallest absolute Gasteiger partial charge is 0.251 e. The van der Waals surface area contributed by atoms with E-state index in [1.807, 2.05) is 6.92 Å². The fourth-order valence-electron chi connectivity index (χ4n) is 1.89. The van der Waals surface area contributed by atoms with Gasteiger partial charge in [-0.25, -0.2) is 10.8 Å². The van der Waals surface area contributed by atoms with Gasteiger partial charge in [-0.3, -0.25) is 4.79 Å². The Labute approximate surface area is 119 Å². The first-order valence-corrected chi connectivity index (χ1v) is 7.00. The van der Waals surface area contributed by atoms with Gasteiger partial charge in [0.05, 0.1) is 0 Å². The molecule has 110 valence electrons. The number of carbonyl (C=O) groups is 1. The van der Waals surface area contributed by atoms with Crippen LogP contribution in [0.15, 0.2) is 12.1 Å². The van der Waals surface area contributed by atoms with Gasteiger partial charge in [-0.2, -0.15) is 0 Å². The van der Waals surface area contributed by atoms with E-state index in [0.717, 1.165) is 24.6 Å². The topological polar surface area (TPSA) is 89.3 Å². The summed E-state index contributed by atoms with van der Waals surface area (Å²) in [5.41, 5.74) is 3.76. The minimum absolute atomic E-state index is 0.116. The molecule has 1 amide bonds. The summed E-state index contributed by atoms with van der Waals surface area (Å²) in [7, 11) is 0. The first kappa shape index (κ1) is 14.7. The van der Waals surface area contributed by atoms with E-state index in [9.17, 15) is 4.79 Å². The summed E-state index contributed by atoms with van der Waals surface area (Å²) in [5, 5.41) is 2.87. The SMILES string of the molecule is Cc1cc(C(=O)NCCCOCC2CC2)cc(NN)n1. The average Bonchev–Trinajstić information content (AvgIpc) is 3.25.